The van der Waals surface area contributed by atoms with Crippen LogP contribution in [0.2, 0.25) is 5.02 Å². The normalized spacial score (nSPS) is 10.6. The minimum atomic E-state index is 0.00271. The van der Waals surface area contributed by atoms with Crippen LogP contribution in [-0.4, -0.2) is 11.7 Å². The molecule has 2 aromatic carbocycles. The van der Waals surface area contributed by atoms with Gasteiger partial charge in [-0.05, 0) is 48.9 Å². The van der Waals surface area contributed by atoms with Crippen LogP contribution in [0.1, 0.15) is 24.5 Å². The second-order valence-electron chi connectivity index (χ2n) is 4.84. The minimum Gasteiger partial charge on any atom is -0.457 e. The summed E-state index contributed by atoms with van der Waals surface area (Å²) >= 11 is 6.06. The van der Waals surface area contributed by atoms with E-state index in [4.69, 9.17) is 16.3 Å². The van der Waals surface area contributed by atoms with Crippen molar-refractivity contribution in [3.8, 4) is 11.5 Å². The van der Waals surface area contributed by atoms with E-state index in [9.17, 15) is 5.11 Å². The summed E-state index contributed by atoms with van der Waals surface area (Å²) in [5, 5.41) is 13.2. The van der Waals surface area contributed by atoms with E-state index in [1.54, 1.807) is 0 Å². The molecule has 0 unspecified atom stereocenters. The van der Waals surface area contributed by atoms with Crippen molar-refractivity contribution in [1.29, 1.82) is 0 Å². The summed E-state index contributed by atoms with van der Waals surface area (Å²) in [6.45, 7) is 3.79. The quantitative estimate of drug-likeness (QED) is 0.756. The van der Waals surface area contributed by atoms with Gasteiger partial charge < -0.3 is 15.2 Å². The Morgan fingerprint density at radius 2 is 2.05 bits per heavy atom. The first-order chi connectivity index (χ1) is 10.2. The number of hydrogen-bond donors (Lipinski definition) is 2. The Morgan fingerprint density at radius 3 is 2.81 bits per heavy atom. The lowest BCUT2D eigenvalue weighted by molar-refractivity contribution is 0.281. The molecule has 3 nitrogen and oxygen atoms in total. The zero-order valence-electron chi connectivity index (χ0n) is 12.1. The molecule has 112 valence electrons. The van der Waals surface area contributed by atoms with Gasteiger partial charge in [0.05, 0.1) is 6.61 Å². The van der Waals surface area contributed by atoms with Gasteiger partial charge in [0.15, 0.2) is 0 Å². The fourth-order valence-corrected chi connectivity index (χ4v) is 2.21. The van der Waals surface area contributed by atoms with Crippen molar-refractivity contribution in [3.05, 3.63) is 58.6 Å². The van der Waals surface area contributed by atoms with Gasteiger partial charge in [0.1, 0.15) is 11.5 Å². The molecule has 2 aromatic rings. The highest BCUT2D eigenvalue weighted by atomic mass is 35.5. The molecule has 0 spiro atoms. The zero-order chi connectivity index (χ0) is 15.1. The molecule has 0 amide bonds. The van der Waals surface area contributed by atoms with Crippen molar-refractivity contribution in [1.82, 2.24) is 5.32 Å². The van der Waals surface area contributed by atoms with Crippen molar-refractivity contribution in [2.75, 3.05) is 6.54 Å². The monoisotopic (exact) mass is 305 g/mol. The molecule has 0 radical (unpaired) electrons. The van der Waals surface area contributed by atoms with Crippen LogP contribution in [0.4, 0.5) is 0 Å². The molecule has 0 aliphatic heterocycles. The molecule has 0 saturated carbocycles. The predicted octanol–water partition coefficient (Wildman–Crippen LogP) is 4.12. The van der Waals surface area contributed by atoms with Crippen molar-refractivity contribution in [2.24, 2.45) is 0 Å². The molecule has 0 aliphatic rings. The Labute approximate surface area is 130 Å². The lowest BCUT2D eigenvalue weighted by Crippen LogP contribution is -2.14. The van der Waals surface area contributed by atoms with E-state index in [2.05, 4.69) is 12.2 Å². The van der Waals surface area contributed by atoms with Crippen molar-refractivity contribution in [2.45, 2.75) is 26.5 Å². The largest absolute Gasteiger partial charge is 0.457 e. The summed E-state index contributed by atoms with van der Waals surface area (Å²) in [4.78, 5) is 0. The number of ether oxygens (including phenoxy) is 1. The van der Waals surface area contributed by atoms with E-state index in [-0.39, 0.29) is 6.61 Å². The number of halogens is 1. The van der Waals surface area contributed by atoms with E-state index in [1.165, 1.54) is 0 Å². The van der Waals surface area contributed by atoms with Gasteiger partial charge in [0, 0.05) is 17.1 Å². The van der Waals surface area contributed by atoms with Crippen LogP contribution in [-0.2, 0) is 13.2 Å². The number of nitrogens with one attached hydrogen (secondary N) is 1. The fraction of sp³-hybridized carbons (Fsp3) is 0.294. The van der Waals surface area contributed by atoms with Crippen LogP contribution in [0.5, 0.6) is 11.5 Å². The highest BCUT2D eigenvalue weighted by Gasteiger charge is 2.06. The van der Waals surface area contributed by atoms with Crippen molar-refractivity contribution >= 4 is 11.6 Å². The van der Waals surface area contributed by atoms with Gasteiger partial charge in [-0.25, -0.2) is 0 Å². The summed E-state index contributed by atoms with van der Waals surface area (Å²) < 4.78 is 5.93. The number of hydrogen-bond acceptors (Lipinski definition) is 3. The summed E-state index contributed by atoms with van der Waals surface area (Å²) in [6, 6.07) is 13.0. The smallest absolute Gasteiger partial charge is 0.132 e. The Morgan fingerprint density at radius 1 is 1.19 bits per heavy atom. The van der Waals surface area contributed by atoms with E-state index in [0.29, 0.717) is 17.3 Å². The molecule has 2 N–H and O–H groups in total. The summed E-state index contributed by atoms with van der Waals surface area (Å²) in [5.41, 5.74) is 1.84. The molecule has 0 aromatic heterocycles. The Bertz CT molecular complexity index is 587. The first kappa shape index (κ1) is 15.8. The van der Waals surface area contributed by atoms with Gasteiger partial charge in [-0.3, -0.25) is 0 Å². The fourth-order valence-electron chi connectivity index (χ4n) is 2.02. The van der Waals surface area contributed by atoms with E-state index in [0.717, 1.165) is 29.8 Å². The number of aliphatic hydroxyl groups is 1. The molecule has 0 heterocycles. The van der Waals surface area contributed by atoms with E-state index in [1.807, 2.05) is 42.5 Å². The molecule has 21 heavy (non-hydrogen) atoms. The number of benzene rings is 2. The Hall–Kier alpha value is -1.55. The maximum Gasteiger partial charge on any atom is 0.132 e. The van der Waals surface area contributed by atoms with Crippen LogP contribution in [0, 0.1) is 0 Å². The molecule has 0 bridgehead atoms. The van der Waals surface area contributed by atoms with E-state index < -0.39 is 0 Å². The zero-order valence-corrected chi connectivity index (χ0v) is 12.9. The third-order valence-electron chi connectivity index (χ3n) is 3.07. The van der Waals surface area contributed by atoms with Gasteiger partial charge in [-0.1, -0.05) is 30.7 Å². The summed E-state index contributed by atoms with van der Waals surface area (Å²) in [7, 11) is 0. The first-order valence-corrected chi connectivity index (χ1v) is 7.47. The lowest BCUT2D eigenvalue weighted by atomic mass is 10.2. The molecule has 0 fully saturated rings. The molecule has 4 heteroatoms. The molecular weight excluding hydrogens is 286 g/mol. The second-order valence-corrected chi connectivity index (χ2v) is 5.27. The topological polar surface area (TPSA) is 41.5 Å². The van der Waals surface area contributed by atoms with Crippen molar-refractivity contribution in [3.63, 3.8) is 0 Å². The molecule has 0 aliphatic carbocycles. The Balaban J connectivity index is 2.17. The molecule has 0 saturated heterocycles. The Kier molecular flexibility index (Phi) is 6.05. The summed E-state index contributed by atoms with van der Waals surface area (Å²) in [5.74, 6) is 1.48. The predicted molar refractivity (Wildman–Crippen MR) is 85.9 cm³/mol. The number of aliphatic hydroxyl groups excluding tert-OH is 1. The maximum absolute atomic E-state index is 9.18. The molecule has 0 atom stereocenters. The average Bonchev–Trinajstić information content (AvgIpc) is 2.50. The van der Waals surface area contributed by atoms with Crippen LogP contribution < -0.4 is 10.1 Å². The van der Waals surface area contributed by atoms with Gasteiger partial charge in [0.25, 0.3) is 0 Å². The third-order valence-corrected chi connectivity index (χ3v) is 3.31. The third kappa shape index (κ3) is 4.74. The number of rotatable bonds is 7. The van der Waals surface area contributed by atoms with Crippen LogP contribution in [0.3, 0.4) is 0 Å². The average molecular weight is 306 g/mol. The standard InChI is InChI=1S/C17H20ClNO2/c1-2-8-19-11-14-10-15(18)6-7-17(14)21-16-5-3-4-13(9-16)12-20/h3-7,9-10,19-20H,2,8,11-12H2,1H3. The van der Waals surface area contributed by atoms with E-state index >= 15 is 0 Å². The first-order valence-electron chi connectivity index (χ1n) is 7.09. The van der Waals surface area contributed by atoms with Gasteiger partial charge in [-0.2, -0.15) is 0 Å². The maximum atomic E-state index is 9.18. The minimum absolute atomic E-state index is 0.00271. The highest BCUT2D eigenvalue weighted by molar-refractivity contribution is 6.30. The van der Waals surface area contributed by atoms with Gasteiger partial charge in [0.2, 0.25) is 0 Å². The van der Waals surface area contributed by atoms with Crippen LogP contribution >= 0.6 is 11.6 Å². The van der Waals surface area contributed by atoms with Crippen LogP contribution in [0.15, 0.2) is 42.5 Å². The highest BCUT2D eigenvalue weighted by Crippen LogP contribution is 2.28. The summed E-state index contributed by atoms with van der Waals surface area (Å²) in [6.07, 6.45) is 1.08. The second kappa shape index (κ2) is 8.03. The SMILES string of the molecule is CCCNCc1cc(Cl)ccc1Oc1cccc(CO)c1. The molecule has 2 rings (SSSR count). The van der Waals surface area contributed by atoms with Crippen molar-refractivity contribution < 1.29 is 9.84 Å². The van der Waals surface area contributed by atoms with Crippen LogP contribution in [0.25, 0.3) is 0 Å². The van der Waals surface area contributed by atoms with Gasteiger partial charge >= 0.3 is 0 Å². The molecular formula is C17H20ClNO2. The van der Waals surface area contributed by atoms with Gasteiger partial charge in [-0.15, -0.1) is 0 Å². The lowest BCUT2D eigenvalue weighted by Gasteiger charge is -2.13.